The SMILES string of the molecule is CCC(C)NC(=O)C(C)N(Cc1ccccc1)C(=O)CN(c1ccc(C(C)C)cc1)S(C)(=O)=O. The minimum absolute atomic E-state index is 0.0318. The molecule has 0 aliphatic rings. The van der Waals surface area contributed by atoms with Crippen molar-refractivity contribution in [3.63, 3.8) is 0 Å². The second-order valence-corrected chi connectivity index (χ2v) is 10.9. The molecule has 0 saturated carbocycles. The zero-order valence-corrected chi connectivity index (χ0v) is 21.8. The van der Waals surface area contributed by atoms with E-state index in [0.29, 0.717) is 11.6 Å². The Morgan fingerprint density at radius 1 is 0.941 bits per heavy atom. The topological polar surface area (TPSA) is 86.8 Å². The van der Waals surface area contributed by atoms with Crippen molar-refractivity contribution in [3.05, 3.63) is 65.7 Å². The quantitative estimate of drug-likeness (QED) is 0.521. The van der Waals surface area contributed by atoms with Crippen molar-refractivity contribution in [3.8, 4) is 0 Å². The van der Waals surface area contributed by atoms with E-state index in [1.54, 1.807) is 19.1 Å². The highest BCUT2D eigenvalue weighted by Crippen LogP contribution is 2.22. The van der Waals surface area contributed by atoms with Crippen molar-refractivity contribution in [1.82, 2.24) is 10.2 Å². The summed E-state index contributed by atoms with van der Waals surface area (Å²) in [6.45, 7) is 9.45. The third-order valence-corrected chi connectivity index (χ3v) is 7.03. The van der Waals surface area contributed by atoms with E-state index in [2.05, 4.69) is 19.2 Å². The second kappa shape index (κ2) is 12.0. The first-order valence-corrected chi connectivity index (χ1v) is 13.5. The first-order chi connectivity index (χ1) is 15.9. The molecule has 186 valence electrons. The summed E-state index contributed by atoms with van der Waals surface area (Å²) < 4.78 is 26.4. The van der Waals surface area contributed by atoms with Crippen LogP contribution in [0.5, 0.6) is 0 Å². The average molecular weight is 488 g/mol. The highest BCUT2D eigenvalue weighted by atomic mass is 32.2. The maximum Gasteiger partial charge on any atom is 0.244 e. The Morgan fingerprint density at radius 2 is 1.53 bits per heavy atom. The number of sulfonamides is 1. The van der Waals surface area contributed by atoms with Crippen LogP contribution in [-0.4, -0.2) is 50.0 Å². The van der Waals surface area contributed by atoms with Crippen molar-refractivity contribution in [2.75, 3.05) is 17.1 Å². The first kappa shape index (κ1) is 27.4. The first-order valence-electron chi connectivity index (χ1n) is 11.7. The third-order valence-electron chi connectivity index (χ3n) is 5.89. The standard InChI is InChI=1S/C26H37N3O4S/c1-7-20(4)27-26(31)21(5)28(17-22-11-9-8-10-12-22)25(30)18-29(34(6,32)33)24-15-13-23(14-16-24)19(2)3/h8-16,19-21H,7,17-18H2,1-6H3,(H,27,31). The van der Waals surface area contributed by atoms with E-state index < -0.39 is 28.5 Å². The van der Waals surface area contributed by atoms with Gasteiger partial charge in [-0.25, -0.2) is 8.42 Å². The molecule has 7 nitrogen and oxygen atoms in total. The summed E-state index contributed by atoms with van der Waals surface area (Å²) in [5, 5.41) is 2.92. The van der Waals surface area contributed by atoms with E-state index in [4.69, 9.17) is 0 Å². The number of rotatable bonds is 11. The molecule has 2 aromatic rings. The van der Waals surface area contributed by atoms with Crippen LogP contribution in [0.25, 0.3) is 0 Å². The van der Waals surface area contributed by atoms with E-state index in [-0.39, 0.29) is 18.5 Å². The van der Waals surface area contributed by atoms with Crippen molar-refractivity contribution in [2.24, 2.45) is 0 Å². The normalized spacial score (nSPS) is 13.3. The fourth-order valence-corrected chi connectivity index (χ4v) is 4.32. The fourth-order valence-electron chi connectivity index (χ4n) is 3.47. The third kappa shape index (κ3) is 7.58. The van der Waals surface area contributed by atoms with Crippen molar-refractivity contribution >= 4 is 27.5 Å². The predicted molar refractivity (Wildman–Crippen MR) is 137 cm³/mol. The number of nitrogens with one attached hydrogen (secondary N) is 1. The van der Waals surface area contributed by atoms with Gasteiger partial charge in [0.1, 0.15) is 12.6 Å². The lowest BCUT2D eigenvalue weighted by atomic mass is 10.0. The predicted octanol–water partition coefficient (Wildman–Crippen LogP) is 3.91. The van der Waals surface area contributed by atoms with Crippen LogP contribution < -0.4 is 9.62 Å². The molecule has 0 aliphatic carbocycles. The number of hydrogen-bond donors (Lipinski definition) is 1. The number of carbonyl (C=O) groups is 2. The zero-order chi connectivity index (χ0) is 25.5. The number of nitrogens with zero attached hydrogens (tertiary/aromatic N) is 2. The fraction of sp³-hybridized carbons (Fsp3) is 0.462. The van der Waals surface area contributed by atoms with E-state index in [9.17, 15) is 18.0 Å². The Morgan fingerprint density at radius 3 is 2.03 bits per heavy atom. The van der Waals surface area contributed by atoms with Gasteiger partial charge in [-0.05, 0) is 49.4 Å². The molecule has 2 rings (SSSR count). The number of carbonyl (C=O) groups excluding carboxylic acids is 2. The number of hydrogen-bond acceptors (Lipinski definition) is 4. The Hall–Kier alpha value is -2.87. The molecule has 0 bridgehead atoms. The van der Waals surface area contributed by atoms with Gasteiger partial charge >= 0.3 is 0 Å². The average Bonchev–Trinajstić information content (AvgIpc) is 2.80. The van der Waals surface area contributed by atoms with Crippen molar-refractivity contribution < 1.29 is 18.0 Å². The van der Waals surface area contributed by atoms with Crippen LogP contribution in [0.3, 0.4) is 0 Å². The van der Waals surface area contributed by atoms with Crippen LogP contribution in [0.15, 0.2) is 54.6 Å². The molecular weight excluding hydrogens is 450 g/mol. The molecule has 34 heavy (non-hydrogen) atoms. The molecule has 2 amide bonds. The van der Waals surface area contributed by atoms with E-state index >= 15 is 0 Å². The van der Waals surface area contributed by atoms with E-state index in [1.807, 2.05) is 56.3 Å². The maximum absolute atomic E-state index is 13.5. The van der Waals surface area contributed by atoms with Gasteiger partial charge < -0.3 is 10.2 Å². The molecule has 0 fully saturated rings. The molecular formula is C26H37N3O4S. The van der Waals surface area contributed by atoms with Gasteiger partial charge in [0.2, 0.25) is 21.8 Å². The molecule has 2 aromatic carbocycles. The molecule has 2 atom stereocenters. The lowest BCUT2D eigenvalue weighted by Crippen LogP contribution is -2.52. The van der Waals surface area contributed by atoms with Crippen LogP contribution in [0.2, 0.25) is 0 Å². The van der Waals surface area contributed by atoms with Gasteiger partial charge in [0.05, 0.1) is 11.9 Å². The molecule has 0 saturated heterocycles. The lowest BCUT2D eigenvalue weighted by Gasteiger charge is -2.32. The summed E-state index contributed by atoms with van der Waals surface area (Å²) in [5.74, 6) is -0.423. The summed E-state index contributed by atoms with van der Waals surface area (Å²) in [5.41, 5.74) is 2.34. The molecule has 0 radical (unpaired) electrons. The monoisotopic (exact) mass is 487 g/mol. The summed E-state index contributed by atoms with van der Waals surface area (Å²) in [6.07, 6.45) is 1.84. The summed E-state index contributed by atoms with van der Waals surface area (Å²) >= 11 is 0. The van der Waals surface area contributed by atoms with Gasteiger partial charge in [-0.2, -0.15) is 0 Å². The molecule has 1 N–H and O–H groups in total. The minimum atomic E-state index is -3.74. The smallest absolute Gasteiger partial charge is 0.244 e. The van der Waals surface area contributed by atoms with Crippen molar-refractivity contribution in [1.29, 1.82) is 0 Å². The molecule has 0 aromatic heterocycles. The van der Waals surface area contributed by atoms with Crippen LogP contribution in [0.4, 0.5) is 5.69 Å². The highest BCUT2D eigenvalue weighted by Gasteiger charge is 2.30. The van der Waals surface area contributed by atoms with E-state index in [1.165, 1.54) is 4.90 Å². The minimum Gasteiger partial charge on any atom is -0.352 e. The Bertz CT molecular complexity index is 1050. The molecule has 0 aliphatic heterocycles. The van der Waals surface area contributed by atoms with Crippen molar-refractivity contribution in [2.45, 2.75) is 65.6 Å². The van der Waals surface area contributed by atoms with Gasteiger partial charge in [-0.3, -0.25) is 13.9 Å². The summed E-state index contributed by atoms with van der Waals surface area (Å²) in [6, 6.07) is 15.7. The van der Waals surface area contributed by atoms with Gasteiger partial charge in [0.15, 0.2) is 0 Å². The Balaban J connectivity index is 2.35. The lowest BCUT2D eigenvalue weighted by molar-refractivity contribution is -0.139. The Labute approximate surface area is 204 Å². The van der Waals surface area contributed by atoms with Gasteiger partial charge in [0.25, 0.3) is 0 Å². The highest BCUT2D eigenvalue weighted by molar-refractivity contribution is 7.92. The number of benzene rings is 2. The van der Waals surface area contributed by atoms with Crippen LogP contribution >= 0.6 is 0 Å². The van der Waals surface area contributed by atoms with Gasteiger partial charge in [0, 0.05) is 12.6 Å². The van der Waals surface area contributed by atoms with Crippen LogP contribution in [-0.2, 0) is 26.2 Å². The van der Waals surface area contributed by atoms with Gasteiger partial charge in [-0.15, -0.1) is 0 Å². The van der Waals surface area contributed by atoms with Gasteiger partial charge in [-0.1, -0.05) is 63.2 Å². The molecule has 0 heterocycles. The molecule has 2 unspecified atom stereocenters. The second-order valence-electron chi connectivity index (χ2n) is 9.02. The number of anilines is 1. The zero-order valence-electron chi connectivity index (χ0n) is 21.0. The summed E-state index contributed by atoms with van der Waals surface area (Å²) in [7, 11) is -3.74. The van der Waals surface area contributed by atoms with E-state index in [0.717, 1.165) is 28.1 Å². The number of amides is 2. The molecule has 8 heteroatoms. The molecule has 0 spiro atoms. The van der Waals surface area contributed by atoms with Crippen LogP contribution in [0, 0.1) is 0 Å². The largest absolute Gasteiger partial charge is 0.352 e. The van der Waals surface area contributed by atoms with Crippen LogP contribution in [0.1, 0.15) is 58.1 Å². The maximum atomic E-state index is 13.5. The Kier molecular flexibility index (Phi) is 9.67. The summed E-state index contributed by atoms with van der Waals surface area (Å²) in [4.78, 5) is 27.8.